The quantitative estimate of drug-likeness (QED) is 0.646. The van der Waals surface area contributed by atoms with Gasteiger partial charge in [-0.2, -0.15) is 0 Å². The van der Waals surface area contributed by atoms with E-state index in [2.05, 4.69) is 10.3 Å². The van der Waals surface area contributed by atoms with Crippen molar-refractivity contribution < 1.29 is 4.39 Å². The van der Waals surface area contributed by atoms with Crippen molar-refractivity contribution in [1.29, 1.82) is 0 Å². The van der Waals surface area contributed by atoms with Crippen molar-refractivity contribution >= 4 is 61.3 Å². The number of nitrogens with two attached hydrogens (primary N) is 1. The topological polar surface area (TPSA) is 50.9 Å². The van der Waals surface area contributed by atoms with Gasteiger partial charge >= 0.3 is 0 Å². The molecule has 7 heteroatoms. The first-order valence-corrected chi connectivity index (χ1v) is 7.18. The second kappa shape index (κ2) is 5.09. The number of nitrogens with zero attached hydrogens (tertiary/aromatic N) is 1. The monoisotopic (exact) mass is 327 g/mol. The second-order valence-corrected chi connectivity index (χ2v) is 5.96. The molecule has 0 aliphatic rings. The van der Waals surface area contributed by atoms with E-state index in [-0.39, 0.29) is 10.0 Å². The Kier molecular flexibility index (Phi) is 3.41. The third-order valence-electron chi connectivity index (χ3n) is 2.65. The Hall–Kier alpha value is -1.56. The largest absolute Gasteiger partial charge is 0.399 e. The molecule has 1 heterocycles. The first-order valence-electron chi connectivity index (χ1n) is 5.60. The lowest BCUT2D eigenvalue weighted by molar-refractivity contribution is 0.628. The summed E-state index contributed by atoms with van der Waals surface area (Å²) in [6.07, 6.45) is 0. The van der Waals surface area contributed by atoms with E-state index in [9.17, 15) is 4.39 Å². The Labute approximate surface area is 128 Å². The molecule has 3 N–H and O–H groups in total. The number of anilines is 3. The van der Waals surface area contributed by atoms with Gasteiger partial charge in [0.2, 0.25) is 0 Å². The van der Waals surface area contributed by atoms with Crippen LogP contribution in [0.4, 0.5) is 20.9 Å². The van der Waals surface area contributed by atoms with Gasteiger partial charge in [-0.3, -0.25) is 0 Å². The Bertz CT molecular complexity index is 780. The Balaban J connectivity index is 2.01. The van der Waals surface area contributed by atoms with Gasteiger partial charge in [0.05, 0.1) is 25.9 Å². The maximum Gasteiger partial charge on any atom is 0.188 e. The number of rotatable bonds is 2. The van der Waals surface area contributed by atoms with E-state index in [1.165, 1.54) is 23.5 Å². The average molecular weight is 328 g/mol. The fourth-order valence-electron chi connectivity index (χ4n) is 1.76. The van der Waals surface area contributed by atoms with E-state index in [4.69, 9.17) is 28.9 Å². The molecule has 20 heavy (non-hydrogen) atoms. The number of aromatic nitrogens is 1. The molecule has 0 aliphatic carbocycles. The van der Waals surface area contributed by atoms with Crippen LogP contribution in [0.25, 0.3) is 10.2 Å². The molecule has 0 saturated heterocycles. The number of fused-ring (bicyclic) bond motifs is 1. The SMILES string of the molecule is Nc1ccc2nc(Nc3c(Cl)cc(F)cc3Cl)sc2c1. The van der Waals surface area contributed by atoms with Gasteiger partial charge in [-0.05, 0) is 30.3 Å². The summed E-state index contributed by atoms with van der Waals surface area (Å²) >= 11 is 13.4. The minimum Gasteiger partial charge on any atom is -0.399 e. The zero-order valence-corrected chi connectivity index (χ0v) is 12.3. The van der Waals surface area contributed by atoms with E-state index in [0.29, 0.717) is 16.5 Å². The normalized spacial score (nSPS) is 10.9. The molecule has 102 valence electrons. The third-order valence-corrected chi connectivity index (χ3v) is 4.18. The molecule has 0 aliphatic heterocycles. The van der Waals surface area contributed by atoms with Gasteiger partial charge in [0.25, 0.3) is 0 Å². The summed E-state index contributed by atoms with van der Waals surface area (Å²) in [5.41, 5.74) is 7.65. The molecule has 3 rings (SSSR count). The van der Waals surface area contributed by atoms with Gasteiger partial charge in [-0.15, -0.1) is 0 Å². The van der Waals surface area contributed by atoms with Crippen molar-refractivity contribution in [2.24, 2.45) is 0 Å². The summed E-state index contributed by atoms with van der Waals surface area (Å²) in [6, 6.07) is 7.85. The van der Waals surface area contributed by atoms with E-state index < -0.39 is 5.82 Å². The molecular weight excluding hydrogens is 320 g/mol. The lowest BCUT2D eigenvalue weighted by Gasteiger charge is -2.07. The summed E-state index contributed by atoms with van der Waals surface area (Å²) in [5.74, 6) is -0.484. The van der Waals surface area contributed by atoms with Crippen molar-refractivity contribution in [3.05, 3.63) is 46.2 Å². The number of thiazole rings is 1. The molecule has 0 bridgehead atoms. The van der Waals surface area contributed by atoms with Crippen LogP contribution in [-0.4, -0.2) is 4.98 Å². The number of nitrogens with one attached hydrogen (secondary N) is 1. The van der Waals surface area contributed by atoms with Crippen LogP contribution in [0.15, 0.2) is 30.3 Å². The maximum atomic E-state index is 13.1. The summed E-state index contributed by atoms with van der Waals surface area (Å²) in [7, 11) is 0. The standard InChI is InChI=1S/C13H8Cl2FN3S/c14-8-3-6(16)4-9(15)12(8)19-13-18-10-2-1-7(17)5-11(10)20-13/h1-5H,17H2,(H,18,19). The number of hydrogen-bond acceptors (Lipinski definition) is 4. The van der Waals surface area contributed by atoms with E-state index in [1.807, 2.05) is 12.1 Å². The smallest absolute Gasteiger partial charge is 0.188 e. The van der Waals surface area contributed by atoms with Crippen LogP contribution < -0.4 is 11.1 Å². The number of hydrogen-bond donors (Lipinski definition) is 2. The molecule has 3 aromatic rings. The van der Waals surface area contributed by atoms with Crippen LogP contribution in [0, 0.1) is 5.82 Å². The highest BCUT2D eigenvalue weighted by Crippen LogP contribution is 2.36. The molecule has 1 aromatic heterocycles. The fourth-order valence-corrected chi connectivity index (χ4v) is 3.24. The van der Waals surface area contributed by atoms with E-state index in [0.717, 1.165) is 10.2 Å². The first-order chi connectivity index (χ1) is 9.52. The van der Waals surface area contributed by atoms with Gasteiger partial charge in [0.15, 0.2) is 5.13 Å². The molecule has 0 radical (unpaired) electrons. The maximum absolute atomic E-state index is 13.1. The molecule has 2 aromatic carbocycles. The lowest BCUT2D eigenvalue weighted by Crippen LogP contribution is -1.92. The Morgan fingerprint density at radius 1 is 1.15 bits per heavy atom. The fraction of sp³-hybridized carbons (Fsp3) is 0. The molecular formula is C13H8Cl2FN3S. The zero-order valence-electron chi connectivity index (χ0n) is 9.95. The minimum absolute atomic E-state index is 0.203. The van der Waals surface area contributed by atoms with Crippen LogP contribution >= 0.6 is 34.5 Å². The Morgan fingerprint density at radius 3 is 2.55 bits per heavy atom. The van der Waals surface area contributed by atoms with Gasteiger partial charge in [-0.25, -0.2) is 9.37 Å². The predicted molar refractivity (Wildman–Crippen MR) is 83.7 cm³/mol. The van der Waals surface area contributed by atoms with Crippen LogP contribution in [0.5, 0.6) is 0 Å². The van der Waals surface area contributed by atoms with Gasteiger partial charge in [0, 0.05) is 5.69 Å². The second-order valence-electron chi connectivity index (χ2n) is 4.12. The predicted octanol–water partition coefficient (Wildman–Crippen LogP) is 5.07. The molecule has 0 fully saturated rings. The van der Waals surface area contributed by atoms with E-state index in [1.54, 1.807) is 6.07 Å². The van der Waals surface area contributed by atoms with Crippen molar-refractivity contribution in [3.8, 4) is 0 Å². The minimum atomic E-state index is -0.484. The third kappa shape index (κ3) is 2.52. The zero-order chi connectivity index (χ0) is 14.3. The van der Waals surface area contributed by atoms with Crippen molar-refractivity contribution in [2.75, 3.05) is 11.1 Å². The average Bonchev–Trinajstić information content (AvgIpc) is 2.75. The van der Waals surface area contributed by atoms with Gasteiger partial charge in [-0.1, -0.05) is 34.5 Å². The highest BCUT2D eigenvalue weighted by molar-refractivity contribution is 7.22. The van der Waals surface area contributed by atoms with Crippen molar-refractivity contribution in [3.63, 3.8) is 0 Å². The van der Waals surface area contributed by atoms with Gasteiger partial charge < -0.3 is 11.1 Å². The van der Waals surface area contributed by atoms with Crippen LogP contribution in [0.2, 0.25) is 10.0 Å². The van der Waals surface area contributed by atoms with Gasteiger partial charge in [0.1, 0.15) is 5.82 Å². The van der Waals surface area contributed by atoms with Crippen LogP contribution in [-0.2, 0) is 0 Å². The van der Waals surface area contributed by atoms with Crippen molar-refractivity contribution in [2.45, 2.75) is 0 Å². The highest BCUT2D eigenvalue weighted by atomic mass is 35.5. The summed E-state index contributed by atoms with van der Waals surface area (Å²) < 4.78 is 14.1. The van der Waals surface area contributed by atoms with Crippen LogP contribution in [0.3, 0.4) is 0 Å². The lowest BCUT2D eigenvalue weighted by atomic mass is 10.3. The first kappa shape index (κ1) is 13.4. The Morgan fingerprint density at radius 2 is 1.85 bits per heavy atom. The number of halogens is 3. The summed E-state index contributed by atoms with van der Waals surface area (Å²) in [4.78, 5) is 4.39. The molecule has 0 amide bonds. The number of nitrogen functional groups attached to an aromatic ring is 1. The van der Waals surface area contributed by atoms with E-state index >= 15 is 0 Å². The van der Waals surface area contributed by atoms with Crippen molar-refractivity contribution in [1.82, 2.24) is 4.98 Å². The molecule has 0 atom stereocenters. The molecule has 0 saturated carbocycles. The summed E-state index contributed by atoms with van der Waals surface area (Å²) in [5, 5.41) is 4.03. The highest BCUT2D eigenvalue weighted by Gasteiger charge is 2.11. The van der Waals surface area contributed by atoms with Crippen LogP contribution in [0.1, 0.15) is 0 Å². The molecule has 3 nitrogen and oxygen atoms in total. The summed E-state index contributed by atoms with van der Waals surface area (Å²) in [6.45, 7) is 0. The molecule has 0 spiro atoms. The molecule has 0 unspecified atom stereocenters. The number of benzene rings is 2.